The Morgan fingerprint density at radius 2 is 1.24 bits per heavy atom. The second kappa shape index (κ2) is 9.28. The quantitative estimate of drug-likeness (QED) is 0.209. The Morgan fingerprint density at radius 3 is 2.12 bits per heavy atom. The molecule has 0 amide bonds. The van der Waals surface area contributed by atoms with Gasteiger partial charge in [0.25, 0.3) is 0 Å². The average molecular weight is 575 g/mol. The smallest absolute Gasteiger partial charge is 0.227 e. The predicted molar refractivity (Wildman–Crippen MR) is 180 cm³/mol. The van der Waals surface area contributed by atoms with E-state index < -0.39 is 0 Å². The van der Waals surface area contributed by atoms with Crippen LogP contribution in [0, 0.1) is 0 Å². The summed E-state index contributed by atoms with van der Waals surface area (Å²) in [5.74, 6) is 0.648. The predicted octanol–water partition coefficient (Wildman–Crippen LogP) is 11.7. The maximum absolute atomic E-state index is 6.23. The van der Waals surface area contributed by atoms with E-state index in [1.807, 2.05) is 41.7 Å². The normalized spacial score (nSPS) is 11.8. The van der Waals surface area contributed by atoms with Crippen molar-refractivity contribution in [2.24, 2.45) is 0 Å². The van der Waals surface area contributed by atoms with E-state index in [0.717, 1.165) is 33.7 Å². The molecule has 0 aliphatic heterocycles. The molecule has 0 aliphatic rings. The molecule has 3 aromatic heterocycles. The van der Waals surface area contributed by atoms with Crippen molar-refractivity contribution in [2.75, 3.05) is 4.90 Å². The van der Waals surface area contributed by atoms with Crippen LogP contribution in [-0.2, 0) is 0 Å². The van der Waals surface area contributed by atoms with Crippen LogP contribution in [0.25, 0.3) is 62.9 Å². The van der Waals surface area contributed by atoms with E-state index in [1.54, 1.807) is 11.3 Å². The largest absolute Gasteiger partial charge is 0.436 e. The maximum Gasteiger partial charge on any atom is 0.227 e. The van der Waals surface area contributed by atoms with Crippen LogP contribution in [0.5, 0.6) is 0 Å². The summed E-state index contributed by atoms with van der Waals surface area (Å²) in [5.41, 5.74) is 6.07. The highest BCUT2D eigenvalue weighted by atomic mass is 32.1. The summed E-state index contributed by atoms with van der Waals surface area (Å²) in [7, 11) is 0. The Morgan fingerprint density at radius 1 is 0.524 bits per heavy atom. The molecule has 0 saturated carbocycles. The van der Waals surface area contributed by atoms with E-state index >= 15 is 0 Å². The third-order valence-electron chi connectivity index (χ3n) is 7.88. The van der Waals surface area contributed by atoms with Gasteiger partial charge in [0.1, 0.15) is 5.52 Å². The van der Waals surface area contributed by atoms with Crippen LogP contribution in [0.15, 0.2) is 138 Å². The molecule has 3 heterocycles. The molecule has 9 aromatic rings. The first kappa shape index (κ1) is 23.7. The van der Waals surface area contributed by atoms with Crippen molar-refractivity contribution < 1.29 is 4.42 Å². The second-order valence-corrected chi connectivity index (χ2v) is 12.6. The Bertz CT molecular complexity index is 2420. The first-order valence-corrected chi connectivity index (χ1v) is 15.5. The van der Waals surface area contributed by atoms with Gasteiger partial charge in [-0.05, 0) is 60.7 Å². The minimum atomic E-state index is 0.648. The average Bonchev–Trinajstić information content (AvgIpc) is 3.73. The van der Waals surface area contributed by atoms with Gasteiger partial charge in [0.15, 0.2) is 5.58 Å². The fourth-order valence-corrected chi connectivity index (χ4v) is 8.25. The molecule has 6 aromatic carbocycles. The molecule has 0 N–H and O–H groups in total. The molecule has 198 valence electrons. The topological polar surface area (TPSA) is 29.3 Å². The third-order valence-corrected chi connectivity index (χ3v) is 10.1. The van der Waals surface area contributed by atoms with Gasteiger partial charge >= 0.3 is 0 Å². The highest BCUT2D eigenvalue weighted by Crippen LogP contribution is 2.47. The molecule has 0 atom stereocenters. The Hall–Kier alpha value is -4.97. The van der Waals surface area contributed by atoms with Gasteiger partial charge in [0.2, 0.25) is 5.89 Å². The van der Waals surface area contributed by atoms with Crippen molar-refractivity contribution in [2.45, 2.75) is 0 Å². The van der Waals surface area contributed by atoms with E-state index in [9.17, 15) is 0 Å². The van der Waals surface area contributed by atoms with Crippen LogP contribution in [0.1, 0.15) is 0 Å². The number of oxazole rings is 1. The highest BCUT2D eigenvalue weighted by molar-refractivity contribution is 7.26. The first-order chi connectivity index (χ1) is 20.8. The molecule has 9 rings (SSSR count). The van der Waals surface area contributed by atoms with Crippen LogP contribution >= 0.6 is 22.7 Å². The van der Waals surface area contributed by atoms with E-state index in [4.69, 9.17) is 9.40 Å². The number of fused-ring (bicyclic) bond motifs is 7. The number of anilines is 3. The van der Waals surface area contributed by atoms with Gasteiger partial charge in [-0.25, -0.2) is 4.98 Å². The van der Waals surface area contributed by atoms with E-state index in [-0.39, 0.29) is 0 Å². The summed E-state index contributed by atoms with van der Waals surface area (Å²) in [6.45, 7) is 0. The summed E-state index contributed by atoms with van der Waals surface area (Å²) < 4.78 is 11.3. The van der Waals surface area contributed by atoms with Crippen molar-refractivity contribution in [1.29, 1.82) is 0 Å². The Kier molecular flexibility index (Phi) is 5.24. The summed E-state index contributed by atoms with van der Waals surface area (Å²) in [6.07, 6.45) is 0. The maximum atomic E-state index is 6.23. The SMILES string of the molecule is c1ccc(-c2nc3cc4c(cc3o2)sc2cccc(N(c3ccccc3)c3ccc5c(c3)sc3ccccc35)c24)cc1. The zero-order chi connectivity index (χ0) is 27.6. The van der Waals surface area contributed by atoms with Gasteiger partial charge in [0.05, 0.1) is 5.69 Å². The standard InChI is InChI=1S/C37H22N2OS2/c1-3-10-23(11-4-1)37-38-29-21-28-35(22-31(29)40-37)42-33-17-9-15-30(36(28)33)39(24-12-5-2-6-13-24)25-18-19-27-26-14-7-8-16-32(26)41-34(27)20-25/h1-22H. The highest BCUT2D eigenvalue weighted by Gasteiger charge is 2.20. The van der Waals surface area contributed by atoms with Crippen molar-refractivity contribution in [3.63, 3.8) is 0 Å². The van der Waals surface area contributed by atoms with Gasteiger partial charge in [-0.1, -0.05) is 66.7 Å². The lowest BCUT2D eigenvalue weighted by Crippen LogP contribution is -2.10. The summed E-state index contributed by atoms with van der Waals surface area (Å²) in [6, 6.07) is 47.2. The monoisotopic (exact) mass is 574 g/mol. The number of thiophene rings is 2. The number of benzene rings is 6. The number of nitrogens with zero attached hydrogens (tertiary/aromatic N) is 2. The van der Waals surface area contributed by atoms with Gasteiger partial charge in [-0.2, -0.15) is 0 Å². The van der Waals surface area contributed by atoms with Crippen LogP contribution in [0.2, 0.25) is 0 Å². The minimum absolute atomic E-state index is 0.648. The zero-order valence-electron chi connectivity index (χ0n) is 22.3. The Balaban J connectivity index is 1.28. The first-order valence-electron chi connectivity index (χ1n) is 13.9. The summed E-state index contributed by atoms with van der Waals surface area (Å²) >= 11 is 3.65. The fourth-order valence-electron chi connectivity index (χ4n) is 5.98. The number of aromatic nitrogens is 1. The van der Waals surface area contributed by atoms with Crippen molar-refractivity contribution in [3.05, 3.63) is 133 Å². The van der Waals surface area contributed by atoms with Crippen LogP contribution < -0.4 is 4.90 Å². The fraction of sp³-hybridized carbons (Fsp3) is 0. The lowest BCUT2D eigenvalue weighted by molar-refractivity contribution is 0.620. The second-order valence-electron chi connectivity index (χ2n) is 10.4. The molecule has 0 aliphatic carbocycles. The van der Waals surface area contributed by atoms with E-state index in [2.05, 4.69) is 108 Å². The van der Waals surface area contributed by atoms with E-state index in [1.165, 1.54) is 40.3 Å². The van der Waals surface area contributed by atoms with Gasteiger partial charge < -0.3 is 9.32 Å². The zero-order valence-corrected chi connectivity index (χ0v) is 24.0. The molecule has 0 saturated heterocycles. The lowest BCUT2D eigenvalue weighted by Gasteiger charge is -2.26. The molecule has 3 nitrogen and oxygen atoms in total. The van der Waals surface area contributed by atoms with Crippen molar-refractivity contribution in [1.82, 2.24) is 4.98 Å². The molecule has 0 fully saturated rings. The number of hydrogen-bond donors (Lipinski definition) is 0. The summed E-state index contributed by atoms with van der Waals surface area (Å²) in [4.78, 5) is 7.28. The number of hydrogen-bond acceptors (Lipinski definition) is 5. The van der Waals surface area contributed by atoms with Crippen molar-refractivity contribution in [3.8, 4) is 11.5 Å². The number of rotatable bonds is 4. The minimum Gasteiger partial charge on any atom is -0.436 e. The van der Waals surface area contributed by atoms with Crippen molar-refractivity contribution >= 4 is 91.2 Å². The lowest BCUT2D eigenvalue weighted by atomic mass is 10.1. The summed E-state index contributed by atoms with van der Waals surface area (Å²) in [5, 5.41) is 5.03. The third kappa shape index (κ3) is 3.68. The molecule has 0 bridgehead atoms. The van der Waals surface area contributed by atoms with Gasteiger partial charge in [-0.15, -0.1) is 22.7 Å². The van der Waals surface area contributed by atoms with Crippen LogP contribution in [0.4, 0.5) is 17.1 Å². The van der Waals surface area contributed by atoms with Gasteiger partial charge in [-0.3, -0.25) is 0 Å². The number of para-hydroxylation sites is 1. The molecular weight excluding hydrogens is 553 g/mol. The molecule has 5 heteroatoms. The van der Waals surface area contributed by atoms with Gasteiger partial charge in [0, 0.05) is 63.3 Å². The molecule has 42 heavy (non-hydrogen) atoms. The van der Waals surface area contributed by atoms with Crippen LogP contribution in [-0.4, -0.2) is 4.98 Å². The molecular formula is C37H22N2OS2. The van der Waals surface area contributed by atoms with E-state index in [0.29, 0.717) is 5.89 Å². The molecule has 0 radical (unpaired) electrons. The molecule has 0 unspecified atom stereocenters. The Labute approximate surface area is 249 Å². The van der Waals surface area contributed by atoms with Crippen LogP contribution in [0.3, 0.4) is 0 Å². The molecule has 0 spiro atoms.